The molecule has 0 N–H and O–H groups in total. The normalized spacial score (nSPS) is 13.7. The fourth-order valence-corrected chi connectivity index (χ4v) is 0.392. The van der Waals surface area contributed by atoms with E-state index in [-0.39, 0.29) is 0 Å². The average Bonchev–Trinajstić information content (AvgIpc) is 1.87. The topological polar surface area (TPSA) is 24.7 Å². The average molecular weight is 124 g/mol. The van der Waals surface area contributed by atoms with Crippen LogP contribution in [0.15, 0.2) is 22.8 Å². The van der Waals surface area contributed by atoms with Gasteiger partial charge in [0.15, 0.2) is 0 Å². The predicted molar refractivity (Wildman–Crippen MR) is 42.3 cm³/mol. The van der Waals surface area contributed by atoms with Crippen molar-refractivity contribution < 1.29 is 0 Å². The van der Waals surface area contributed by atoms with Gasteiger partial charge in [0.05, 0.1) is 11.4 Å². The summed E-state index contributed by atoms with van der Waals surface area (Å²) in [7, 11) is 1.75. The van der Waals surface area contributed by atoms with Crippen LogP contribution in [0.1, 0.15) is 13.8 Å². The van der Waals surface area contributed by atoms with E-state index in [0.717, 1.165) is 11.4 Å². The number of aliphatic imine (C=N–C) groups is 2. The van der Waals surface area contributed by atoms with Crippen molar-refractivity contribution in [3.8, 4) is 0 Å². The van der Waals surface area contributed by atoms with Crippen LogP contribution < -0.4 is 0 Å². The molecule has 0 fully saturated rings. The second-order valence-electron chi connectivity index (χ2n) is 1.71. The van der Waals surface area contributed by atoms with Crippen LogP contribution in [0.25, 0.3) is 0 Å². The van der Waals surface area contributed by atoms with Crippen molar-refractivity contribution in [1.29, 1.82) is 0 Å². The predicted octanol–water partition coefficient (Wildman–Crippen LogP) is 1.68. The molecule has 9 heavy (non-hydrogen) atoms. The third kappa shape index (κ3) is 2.80. The van der Waals surface area contributed by atoms with Crippen LogP contribution in [-0.4, -0.2) is 18.5 Å². The monoisotopic (exact) mass is 124 g/mol. The Morgan fingerprint density at radius 1 is 1.33 bits per heavy atom. The van der Waals surface area contributed by atoms with Gasteiger partial charge in [-0.2, -0.15) is 0 Å². The molecule has 50 valence electrons. The maximum absolute atomic E-state index is 3.95. The van der Waals surface area contributed by atoms with Gasteiger partial charge in [-0.1, -0.05) is 6.58 Å². The quantitative estimate of drug-likeness (QED) is 0.500. The van der Waals surface area contributed by atoms with E-state index in [1.165, 1.54) is 6.20 Å². The van der Waals surface area contributed by atoms with Crippen molar-refractivity contribution in [3.05, 3.63) is 12.8 Å². The minimum absolute atomic E-state index is 0.924. The van der Waals surface area contributed by atoms with Crippen LogP contribution in [0.3, 0.4) is 0 Å². The fraction of sp³-hybridized carbons (Fsp3) is 0.429. The molecule has 0 radical (unpaired) electrons. The van der Waals surface area contributed by atoms with Crippen LogP contribution >= 0.6 is 0 Å². The Balaban J connectivity index is 4.19. The van der Waals surface area contributed by atoms with Crippen molar-refractivity contribution in [2.75, 3.05) is 7.05 Å². The molecule has 0 aromatic heterocycles. The Morgan fingerprint density at radius 2 is 1.89 bits per heavy atom. The molecule has 0 saturated carbocycles. The van der Waals surface area contributed by atoms with Gasteiger partial charge in [-0.05, 0) is 13.8 Å². The SMILES string of the molecule is C=CN=C(C)C(C)=NC. The smallest absolute Gasteiger partial charge is 0.0579 e. The molecule has 0 aliphatic heterocycles. The summed E-state index contributed by atoms with van der Waals surface area (Å²) in [6, 6.07) is 0. The molecule has 2 nitrogen and oxygen atoms in total. The largest absolute Gasteiger partial charge is 0.292 e. The molecule has 0 atom stereocenters. The maximum Gasteiger partial charge on any atom is 0.0579 e. The van der Waals surface area contributed by atoms with Gasteiger partial charge in [-0.3, -0.25) is 9.98 Å². The number of rotatable bonds is 2. The van der Waals surface area contributed by atoms with Gasteiger partial charge in [0, 0.05) is 13.2 Å². The second kappa shape index (κ2) is 4.01. The van der Waals surface area contributed by atoms with E-state index in [0.29, 0.717) is 0 Å². The van der Waals surface area contributed by atoms with Crippen LogP contribution in [-0.2, 0) is 0 Å². The summed E-state index contributed by atoms with van der Waals surface area (Å²) in [5.74, 6) is 0. The lowest BCUT2D eigenvalue weighted by molar-refractivity contribution is 1.43. The summed E-state index contributed by atoms with van der Waals surface area (Å²) in [5.41, 5.74) is 1.88. The lowest BCUT2D eigenvalue weighted by Crippen LogP contribution is -2.03. The molecule has 0 saturated heterocycles. The summed E-state index contributed by atoms with van der Waals surface area (Å²) in [6.07, 6.45) is 1.52. The zero-order valence-corrected chi connectivity index (χ0v) is 6.18. The van der Waals surface area contributed by atoms with Crippen molar-refractivity contribution >= 4 is 11.4 Å². The van der Waals surface area contributed by atoms with E-state index in [4.69, 9.17) is 0 Å². The highest BCUT2D eigenvalue weighted by molar-refractivity contribution is 6.40. The van der Waals surface area contributed by atoms with Gasteiger partial charge in [0.1, 0.15) is 0 Å². The number of nitrogens with zero attached hydrogens (tertiary/aromatic N) is 2. The summed E-state index contributed by atoms with van der Waals surface area (Å²) in [4.78, 5) is 7.89. The molecule has 0 aliphatic carbocycles. The molecule has 0 heterocycles. The zero-order valence-electron chi connectivity index (χ0n) is 6.18. The van der Waals surface area contributed by atoms with Crippen molar-refractivity contribution in [3.63, 3.8) is 0 Å². The summed E-state index contributed by atoms with van der Waals surface area (Å²) < 4.78 is 0. The lowest BCUT2D eigenvalue weighted by Gasteiger charge is -1.93. The van der Waals surface area contributed by atoms with Gasteiger partial charge in [-0.15, -0.1) is 0 Å². The van der Waals surface area contributed by atoms with Crippen molar-refractivity contribution in [1.82, 2.24) is 0 Å². The first-order valence-electron chi connectivity index (χ1n) is 2.81. The molecular formula is C7H12N2. The van der Waals surface area contributed by atoms with Crippen LogP contribution in [0, 0.1) is 0 Å². The minimum atomic E-state index is 0.924. The van der Waals surface area contributed by atoms with Gasteiger partial charge in [0.2, 0.25) is 0 Å². The Labute approximate surface area is 56.0 Å². The summed E-state index contributed by atoms with van der Waals surface area (Å²) >= 11 is 0. The standard InChI is InChI=1S/C7H12N2/c1-5-9-7(3)6(2)8-4/h5H,1H2,2-4H3. The maximum atomic E-state index is 3.95. The van der Waals surface area contributed by atoms with Crippen LogP contribution in [0.4, 0.5) is 0 Å². The second-order valence-corrected chi connectivity index (χ2v) is 1.71. The van der Waals surface area contributed by atoms with Crippen LogP contribution in [0.5, 0.6) is 0 Å². The van der Waals surface area contributed by atoms with Gasteiger partial charge in [0.25, 0.3) is 0 Å². The first-order chi connectivity index (χ1) is 4.22. The Morgan fingerprint density at radius 3 is 2.22 bits per heavy atom. The van der Waals surface area contributed by atoms with E-state index >= 15 is 0 Å². The highest BCUT2D eigenvalue weighted by atomic mass is 14.8. The van der Waals surface area contributed by atoms with Gasteiger partial charge in [-0.25, -0.2) is 0 Å². The van der Waals surface area contributed by atoms with E-state index in [1.54, 1.807) is 7.05 Å². The minimum Gasteiger partial charge on any atom is -0.292 e. The Kier molecular flexibility index (Phi) is 3.60. The summed E-state index contributed by atoms with van der Waals surface area (Å²) in [5, 5.41) is 0. The molecule has 0 amide bonds. The molecule has 0 aliphatic rings. The van der Waals surface area contributed by atoms with E-state index < -0.39 is 0 Å². The van der Waals surface area contributed by atoms with Crippen molar-refractivity contribution in [2.24, 2.45) is 9.98 Å². The molecule has 0 spiro atoms. The third-order valence-corrected chi connectivity index (χ3v) is 1.14. The Hall–Kier alpha value is -0.920. The van der Waals surface area contributed by atoms with Gasteiger partial charge < -0.3 is 0 Å². The molecule has 0 aromatic carbocycles. The first kappa shape index (κ1) is 8.08. The van der Waals surface area contributed by atoms with E-state index in [9.17, 15) is 0 Å². The molecule has 0 bridgehead atoms. The van der Waals surface area contributed by atoms with Crippen molar-refractivity contribution in [2.45, 2.75) is 13.8 Å². The highest BCUT2D eigenvalue weighted by Crippen LogP contribution is 1.82. The highest BCUT2D eigenvalue weighted by Gasteiger charge is 1.90. The fourth-order valence-electron chi connectivity index (χ4n) is 0.392. The van der Waals surface area contributed by atoms with E-state index in [1.807, 2.05) is 13.8 Å². The Bertz CT molecular complexity index is 154. The number of hydrogen-bond donors (Lipinski definition) is 0. The van der Waals surface area contributed by atoms with Crippen LogP contribution in [0.2, 0.25) is 0 Å². The molecule has 0 rings (SSSR count). The first-order valence-corrected chi connectivity index (χ1v) is 2.81. The molecule has 0 aromatic rings. The molecular weight excluding hydrogens is 112 g/mol. The van der Waals surface area contributed by atoms with Gasteiger partial charge >= 0.3 is 0 Å². The molecule has 0 unspecified atom stereocenters. The zero-order chi connectivity index (χ0) is 7.28. The number of hydrogen-bond acceptors (Lipinski definition) is 2. The molecule has 2 heteroatoms. The summed E-state index contributed by atoms with van der Waals surface area (Å²) in [6.45, 7) is 7.30. The van der Waals surface area contributed by atoms with E-state index in [2.05, 4.69) is 16.6 Å². The third-order valence-electron chi connectivity index (χ3n) is 1.14. The lowest BCUT2D eigenvalue weighted by atomic mass is 10.3.